The minimum Gasteiger partial charge on any atom is -0.469 e. The number of carbonyl (C=O) groups excluding carboxylic acids is 1. The molecule has 0 saturated carbocycles. The van der Waals surface area contributed by atoms with Crippen molar-refractivity contribution in [1.29, 1.82) is 0 Å². The van der Waals surface area contributed by atoms with E-state index in [9.17, 15) is 4.79 Å². The van der Waals surface area contributed by atoms with Crippen molar-refractivity contribution < 1.29 is 18.7 Å². The summed E-state index contributed by atoms with van der Waals surface area (Å²) in [6.07, 6.45) is 4.77. The lowest BCUT2D eigenvalue weighted by molar-refractivity contribution is -0.146. The third-order valence-corrected chi connectivity index (χ3v) is 4.96. The predicted octanol–water partition coefficient (Wildman–Crippen LogP) is 2.64. The van der Waals surface area contributed by atoms with Crippen LogP contribution < -0.4 is 0 Å². The van der Waals surface area contributed by atoms with Crippen LogP contribution in [0, 0.1) is 12.3 Å². The summed E-state index contributed by atoms with van der Waals surface area (Å²) in [5, 5.41) is 0. The van der Waals surface area contributed by atoms with E-state index in [1.165, 1.54) is 0 Å². The molecule has 0 N–H and O–H groups in total. The largest absolute Gasteiger partial charge is 0.469 e. The topological polar surface area (TPSA) is 51.9 Å². The third-order valence-electron chi connectivity index (χ3n) is 4.96. The molecule has 0 aromatic carbocycles. The van der Waals surface area contributed by atoms with E-state index >= 15 is 0 Å². The maximum absolute atomic E-state index is 12.8. The first-order valence-electron chi connectivity index (χ1n) is 8.19. The number of hydrogen-bond acceptors (Lipinski definition) is 4. The molecule has 122 valence electrons. The van der Waals surface area contributed by atoms with Gasteiger partial charge in [0, 0.05) is 31.7 Å². The predicted molar refractivity (Wildman–Crippen MR) is 81.9 cm³/mol. The quantitative estimate of drug-likeness (QED) is 0.858. The molecule has 3 heterocycles. The van der Waals surface area contributed by atoms with Crippen LogP contribution in [0.25, 0.3) is 0 Å². The molecule has 0 radical (unpaired) electrons. The van der Waals surface area contributed by atoms with Gasteiger partial charge in [0.2, 0.25) is 0 Å². The molecule has 5 nitrogen and oxygen atoms in total. The Morgan fingerprint density at radius 3 is 3.14 bits per heavy atom. The first-order valence-corrected chi connectivity index (χ1v) is 8.19. The zero-order chi connectivity index (χ0) is 15.6. The van der Waals surface area contributed by atoms with Gasteiger partial charge in [-0.05, 0) is 39.2 Å². The van der Waals surface area contributed by atoms with Crippen LogP contribution in [0.3, 0.4) is 0 Å². The molecule has 3 rings (SSSR count). The number of piperidine rings is 1. The summed E-state index contributed by atoms with van der Waals surface area (Å²) in [7, 11) is 0. The number of rotatable bonds is 4. The summed E-state index contributed by atoms with van der Waals surface area (Å²) in [4.78, 5) is 14.7. The highest BCUT2D eigenvalue weighted by Crippen LogP contribution is 2.40. The van der Waals surface area contributed by atoms with Crippen LogP contribution in [0.2, 0.25) is 0 Å². The van der Waals surface area contributed by atoms with Gasteiger partial charge in [-0.25, -0.2) is 0 Å². The first-order chi connectivity index (χ1) is 10.7. The average molecular weight is 307 g/mol. The molecule has 2 aliphatic heterocycles. The Labute approximate surface area is 131 Å². The van der Waals surface area contributed by atoms with Crippen LogP contribution in [0.1, 0.15) is 42.3 Å². The zero-order valence-corrected chi connectivity index (χ0v) is 13.5. The number of ether oxygens (including phenoxy) is 2. The number of aryl methyl sites for hydroxylation is 1. The standard InChI is InChI=1S/C17H25NO4/c1-3-20-12-17-7-4-9-22-15(17)5-8-18(11-17)16(19)14-6-10-21-13(14)2/h6,10,15H,3-5,7-9,11-12H2,1-2H3/t15-,17+/m0/s1. The van der Waals surface area contributed by atoms with Crippen LogP contribution in [-0.4, -0.2) is 49.8 Å². The Morgan fingerprint density at radius 1 is 1.55 bits per heavy atom. The van der Waals surface area contributed by atoms with Crippen molar-refractivity contribution >= 4 is 5.91 Å². The Bertz CT molecular complexity index is 526. The molecule has 1 amide bonds. The Hall–Kier alpha value is -1.33. The van der Waals surface area contributed by atoms with Gasteiger partial charge in [-0.2, -0.15) is 0 Å². The molecule has 0 aliphatic carbocycles. The fourth-order valence-electron chi connectivity index (χ4n) is 3.76. The number of nitrogens with zero attached hydrogens (tertiary/aromatic N) is 1. The van der Waals surface area contributed by atoms with E-state index < -0.39 is 0 Å². The monoisotopic (exact) mass is 307 g/mol. The zero-order valence-electron chi connectivity index (χ0n) is 13.5. The molecule has 2 atom stereocenters. The summed E-state index contributed by atoms with van der Waals surface area (Å²) in [5.74, 6) is 0.747. The van der Waals surface area contributed by atoms with E-state index in [4.69, 9.17) is 13.9 Å². The third kappa shape index (κ3) is 2.79. The van der Waals surface area contributed by atoms with Crippen LogP contribution >= 0.6 is 0 Å². The van der Waals surface area contributed by atoms with E-state index in [2.05, 4.69) is 0 Å². The van der Waals surface area contributed by atoms with Crippen molar-refractivity contribution in [2.24, 2.45) is 5.41 Å². The molecule has 0 unspecified atom stereocenters. The van der Waals surface area contributed by atoms with Gasteiger partial charge in [0.05, 0.1) is 24.5 Å². The lowest BCUT2D eigenvalue weighted by atomic mass is 9.73. The summed E-state index contributed by atoms with van der Waals surface area (Å²) < 4.78 is 17.0. The van der Waals surface area contributed by atoms with Gasteiger partial charge in [-0.1, -0.05) is 0 Å². The van der Waals surface area contributed by atoms with Crippen molar-refractivity contribution in [3.8, 4) is 0 Å². The van der Waals surface area contributed by atoms with Crippen molar-refractivity contribution in [3.63, 3.8) is 0 Å². The smallest absolute Gasteiger partial charge is 0.257 e. The second kappa shape index (κ2) is 6.42. The average Bonchev–Trinajstić information content (AvgIpc) is 2.97. The van der Waals surface area contributed by atoms with Crippen molar-refractivity contribution in [3.05, 3.63) is 23.7 Å². The van der Waals surface area contributed by atoms with Gasteiger partial charge >= 0.3 is 0 Å². The molecular formula is C17H25NO4. The van der Waals surface area contributed by atoms with E-state index in [-0.39, 0.29) is 17.4 Å². The minimum absolute atomic E-state index is 0.0557. The molecule has 1 aromatic rings. The first kappa shape index (κ1) is 15.6. The van der Waals surface area contributed by atoms with E-state index in [0.29, 0.717) is 31.1 Å². The maximum Gasteiger partial charge on any atom is 0.257 e. The van der Waals surface area contributed by atoms with Crippen LogP contribution in [0.4, 0.5) is 0 Å². The van der Waals surface area contributed by atoms with E-state index in [0.717, 1.165) is 32.4 Å². The van der Waals surface area contributed by atoms with Gasteiger partial charge in [-0.15, -0.1) is 0 Å². The molecule has 0 spiro atoms. The highest BCUT2D eigenvalue weighted by Gasteiger charge is 2.47. The van der Waals surface area contributed by atoms with Crippen LogP contribution in [0.15, 0.2) is 16.7 Å². The summed E-state index contributed by atoms with van der Waals surface area (Å²) >= 11 is 0. The minimum atomic E-state index is -0.0557. The highest BCUT2D eigenvalue weighted by atomic mass is 16.5. The molecule has 0 bridgehead atoms. The number of likely N-dealkylation sites (tertiary alicyclic amines) is 1. The lowest BCUT2D eigenvalue weighted by Gasteiger charge is -2.50. The Balaban J connectivity index is 1.78. The van der Waals surface area contributed by atoms with Gasteiger partial charge in [0.25, 0.3) is 5.91 Å². The van der Waals surface area contributed by atoms with Gasteiger partial charge < -0.3 is 18.8 Å². The molecule has 1 aromatic heterocycles. The Kier molecular flexibility index (Phi) is 4.54. The van der Waals surface area contributed by atoms with Gasteiger partial charge in [0.1, 0.15) is 5.76 Å². The number of amides is 1. The molecule has 2 saturated heterocycles. The van der Waals surface area contributed by atoms with Crippen LogP contribution in [-0.2, 0) is 9.47 Å². The second-order valence-electron chi connectivity index (χ2n) is 6.37. The fraction of sp³-hybridized carbons (Fsp3) is 0.706. The highest BCUT2D eigenvalue weighted by molar-refractivity contribution is 5.95. The number of hydrogen-bond donors (Lipinski definition) is 0. The molecule has 2 aliphatic rings. The number of fused-ring (bicyclic) bond motifs is 1. The number of furan rings is 1. The summed E-state index contributed by atoms with van der Waals surface area (Å²) in [6, 6.07) is 1.76. The molecule has 5 heteroatoms. The summed E-state index contributed by atoms with van der Waals surface area (Å²) in [6.45, 7) is 7.48. The van der Waals surface area contributed by atoms with Gasteiger partial charge in [-0.3, -0.25) is 4.79 Å². The second-order valence-corrected chi connectivity index (χ2v) is 6.37. The molecule has 2 fully saturated rings. The van der Waals surface area contributed by atoms with Crippen molar-refractivity contribution in [2.75, 3.05) is 32.9 Å². The maximum atomic E-state index is 12.8. The van der Waals surface area contributed by atoms with Crippen LogP contribution in [0.5, 0.6) is 0 Å². The van der Waals surface area contributed by atoms with Gasteiger partial charge in [0.15, 0.2) is 0 Å². The molecule has 22 heavy (non-hydrogen) atoms. The Morgan fingerprint density at radius 2 is 2.41 bits per heavy atom. The fourth-order valence-corrected chi connectivity index (χ4v) is 3.76. The van der Waals surface area contributed by atoms with Crippen molar-refractivity contribution in [2.45, 2.75) is 39.2 Å². The normalized spacial score (nSPS) is 28.5. The molecular weight excluding hydrogens is 282 g/mol. The van der Waals surface area contributed by atoms with E-state index in [1.807, 2.05) is 18.7 Å². The number of carbonyl (C=O) groups is 1. The lowest BCUT2D eigenvalue weighted by Crippen LogP contribution is -2.58. The summed E-state index contributed by atoms with van der Waals surface area (Å²) in [5.41, 5.74) is 0.613. The SMILES string of the molecule is CCOC[C@]12CCCO[C@H]1CCN(C(=O)c1ccoc1C)C2. The van der Waals surface area contributed by atoms with Crippen molar-refractivity contribution in [1.82, 2.24) is 4.90 Å². The van der Waals surface area contributed by atoms with E-state index in [1.54, 1.807) is 12.3 Å².